The fourth-order valence-corrected chi connectivity index (χ4v) is 3.26. The van der Waals surface area contributed by atoms with Crippen molar-refractivity contribution in [3.8, 4) is 0 Å². The van der Waals surface area contributed by atoms with Crippen LogP contribution in [-0.4, -0.2) is 27.7 Å². The van der Waals surface area contributed by atoms with Gasteiger partial charge in [0.25, 0.3) is 5.91 Å². The highest BCUT2D eigenvalue weighted by Crippen LogP contribution is 2.23. The van der Waals surface area contributed by atoms with Gasteiger partial charge in [-0.05, 0) is 35.7 Å². The first-order valence-electron chi connectivity index (χ1n) is 8.85. The van der Waals surface area contributed by atoms with Gasteiger partial charge >= 0.3 is 0 Å². The van der Waals surface area contributed by atoms with Gasteiger partial charge in [0.05, 0.1) is 0 Å². The topological polar surface area (TPSA) is 91.2 Å². The van der Waals surface area contributed by atoms with Crippen LogP contribution in [0.3, 0.4) is 0 Å². The summed E-state index contributed by atoms with van der Waals surface area (Å²) in [5.41, 5.74) is 2.87. The largest absolute Gasteiger partial charge is 0.380 e. The summed E-state index contributed by atoms with van der Waals surface area (Å²) in [6, 6.07) is 16.2. The molecule has 4 rings (SSSR count). The van der Waals surface area contributed by atoms with Crippen LogP contribution >= 0.6 is 11.6 Å². The quantitative estimate of drug-likeness (QED) is 0.462. The van der Waals surface area contributed by atoms with Crippen LogP contribution < -0.4 is 5.32 Å². The van der Waals surface area contributed by atoms with E-state index in [-0.39, 0.29) is 17.4 Å². The number of aromatic amines is 1. The minimum atomic E-state index is -0.966. The summed E-state index contributed by atoms with van der Waals surface area (Å²) in [4.78, 5) is 15.5. The van der Waals surface area contributed by atoms with E-state index in [9.17, 15) is 9.90 Å². The molecule has 2 aromatic heterocycles. The Balaban J connectivity index is 1.38. The zero-order chi connectivity index (χ0) is 19.5. The summed E-state index contributed by atoms with van der Waals surface area (Å²) in [5.74, 6) is -0.129. The molecule has 0 fully saturated rings. The fourth-order valence-electron chi connectivity index (χ4n) is 3.08. The van der Waals surface area contributed by atoms with Gasteiger partial charge in [-0.1, -0.05) is 47.1 Å². The van der Waals surface area contributed by atoms with Crippen molar-refractivity contribution in [2.24, 2.45) is 0 Å². The number of rotatable bonds is 6. The predicted molar refractivity (Wildman–Crippen MR) is 106 cm³/mol. The number of fused-ring (bicyclic) bond motifs is 1. The molecule has 28 heavy (non-hydrogen) atoms. The number of carbonyl (C=O) groups excluding carboxylic acids is 1. The number of aliphatic hydroxyl groups is 1. The highest BCUT2D eigenvalue weighted by molar-refractivity contribution is 6.31. The van der Waals surface area contributed by atoms with Gasteiger partial charge in [-0.25, -0.2) is 0 Å². The SMILES string of the molecule is O=C(NCCc1c[nH]c2ccc(Cl)cc12)c1cc(C(O)c2ccccc2)on1. The van der Waals surface area contributed by atoms with Crippen molar-refractivity contribution in [1.29, 1.82) is 0 Å². The van der Waals surface area contributed by atoms with Crippen LogP contribution in [-0.2, 0) is 6.42 Å². The van der Waals surface area contributed by atoms with Gasteiger partial charge in [-0.2, -0.15) is 0 Å². The lowest BCUT2D eigenvalue weighted by Gasteiger charge is -2.05. The number of amides is 1. The lowest BCUT2D eigenvalue weighted by Crippen LogP contribution is -2.25. The van der Waals surface area contributed by atoms with E-state index in [1.165, 1.54) is 6.07 Å². The molecule has 0 saturated carbocycles. The molecule has 0 bridgehead atoms. The number of hydrogen-bond donors (Lipinski definition) is 3. The highest BCUT2D eigenvalue weighted by Gasteiger charge is 2.19. The van der Waals surface area contributed by atoms with Crippen molar-refractivity contribution in [2.75, 3.05) is 6.54 Å². The molecule has 0 aliphatic carbocycles. The maximum Gasteiger partial charge on any atom is 0.273 e. The third-order valence-corrected chi connectivity index (χ3v) is 4.79. The van der Waals surface area contributed by atoms with Crippen LogP contribution in [0.5, 0.6) is 0 Å². The Bertz CT molecular complexity index is 1100. The average Bonchev–Trinajstić information content (AvgIpc) is 3.36. The molecule has 0 saturated heterocycles. The molecule has 0 aliphatic rings. The van der Waals surface area contributed by atoms with Crippen molar-refractivity contribution in [1.82, 2.24) is 15.5 Å². The second kappa shape index (κ2) is 7.88. The second-order valence-electron chi connectivity index (χ2n) is 6.44. The first-order chi connectivity index (χ1) is 13.6. The van der Waals surface area contributed by atoms with E-state index in [2.05, 4.69) is 15.5 Å². The molecule has 7 heteroatoms. The van der Waals surface area contributed by atoms with Crippen LogP contribution in [0, 0.1) is 0 Å². The highest BCUT2D eigenvalue weighted by atomic mass is 35.5. The molecule has 1 atom stereocenters. The van der Waals surface area contributed by atoms with E-state index in [0.29, 0.717) is 23.6 Å². The van der Waals surface area contributed by atoms with Crippen LogP contribution in [0.4, 0.5) is 0 Å². The van der Waals surface area contributed by atoms with Gasteiger partial charge in [-0.15, -0.1) is 0 Å². The summed E-state index contributed by atoms with van der Waals surface area (Å²) in [5, 5.41) is 18.6. The van der Waals surface area contributed by atoms with Gasteiger partial charge < -0.3 is 19.9 Å². The Morgan fingerprint density at radius 1 is 1.21 bits per heavy atom. The summed E-state index contributed by atoms with van der Waals surface area (Å²) >= 11 is 6.06. The van der Waals surface area contributed by atoms with E-state index in [1.54, 1.807) is 12.1 Å². The number of aliphatic hydroxyl groups excluding tert-OH is 1. The van der Waals surface area contributed by atoms with Crippen LogP contribution in [0.15, 0.2) is 65.3 Å². The predicted octanol–water partition coefficient (Wildman–Crippen LogP) is 3.86. The molecule has 2 heterocycles. The van der Waals surface area contributed by atoms with Crippen LogP contribution in [0.25, 0.3) is 10.9 Å². The fraction of sp³-hybridized carbons (Fsp3) is 0.143. The number of hydrogen-bond acceptors (Lipinski definition) is 4. The van der Waals surface area contributed by atoms with E-state index in [4.69, 9.17) is 16.1 Å². The van der Waals surface area contributed by atoms with Gasteiger partial charge in [0.1, 0.15) is 6.10 Å². The molecular weight excluding hydrogens is 378 g/mol. The maximum absolute atomic E-state index is 12.3. The summed E-state index contributed by atoms with van der Waals surface area (Å²) in [7, 11) is 0. The molecular formula is C21H18ClN3O3. The molecule has 0 radical (unpaired) electrons. The van der Waals surface area contributed by atoms with Gasteiger partial charge in [0.15, 0.2) is 11.5 Å². The van der Waals surface area contributed by atoms with Crippen molar-refractivity contribution in [3.05, 3.63) is 88.4 Å². The van der Waals surface area contributed by atoms with Crippen molar-refractivity contribution in [3.63, 3.8) is 0 Å². The number of aromatic nitrogens is 2. The minimum Gasteiger partial charge on any atom is -0.380 e. The van der Waals surface area contributed by atoms with E-state index in [1.807, 2.05) is 42.6 Å². The minimum absolute atomic E-state index is 0.131. The Labute approximate surface area is 166 Å². The lowest BCUT2D eigenvalue weighted by molar-refractivity contribution is 0.0944. The number of nitrogens with zero attached hydrogens (tertiary/aromatic N) is 1. The van der Waals surface area contributed by atoms with Crippen LogP contribution in [0.2, 0.25) is 5.02 Å². The third kappa shape index (κ3) is 3.78. The Kier molecular flexibility index (Phi) is 5.14. The van der Waals surface area contributed by atoms with E-state index in [0.717, 1.165) is 16.5 Å². The lowest BCUT2D eigenvalue weighted by atomic mass is 10.1. The average molecular weight is 396 g/mol. The monoisotopic (exact) mass is 395 g/mol. The molecule has 2 aromatic carbocycles. The van der Waals surface area contributed by atoms with E-state index >= 15 is 0 Å². The smallest absolute Gasteiger partial charge is 0.273 e. The molecule has 1 amide bonds. The standard InChI is InChI=1S/C21H18ClN3O3/c22-15-6-7-17-16(10-15)14(12-24-17)8-9-23-21(27)18-11-19(28-25-18)20(26)13-4-2-1-3-5-13/h1-7,10-12,20,24,26H,8-9H2,(H,23,27). The normalized spacial score (nSPS) is 12.2. The number of benzene rings is 2. The summed E-state index contributed by atoms with van der Waals surface area (Å²) in [6.45, 7) is 0.432. The second-order valence-corrected chi connectivity index (χ2v) is 6.87. The van der Waals surface area contributed by atoms with Gasteiger partial charge in [-0.3, -0.25) is 4.79 Å². The number of nitrogens with one attached hydrogen (secondary N) is 2. The number of halogens is 1. The van der Waals surface area contributed by atoms with Crippen molar-refractivity contribution in [2.45, 2.75) is 12.5 Å². The molecule has 4 aromatic rings. The first kappa shape index (κ1) is 18.3. The zero-order valence-electron chi connectivity index (χ0n) is 14.9. The molecule has 6 nitrogen and oxygen atoms in total. The first-order valence-corrected chi connectivity index (χ1v) is 9.23. The molecule has 3 N–H and O–H groups in total. The molecule has 0 spiro atoms. The van der Waals surface area contributed by atoms with Crippen LogP contribution in [0.1, 0.15) is 33.5 Å². The molecule has 0 aliphatic heterocycles. The third-order valence-electron chi connectivity index (χ3n) is 4.56. The molecule has 1 unspecified atom stereocenters. The summed E-state index contributed by atoms with van der Waals surface area (Å²) < 4.78 is 5.14. The van der Waals surface area contributed by atoms with Crippen molar-refractivity contribution >= 4 is 28.4 Å². The Morgan fingerprint density at radius 3 is 2.86 bits per heavy atom. The van der Waals surface area contributed by atoms with E-state index < -0.39 is 6.10 Å². The number of carbonyl (C=O) groups is 1. The Morgan fingerprint density at radius 2 is 2.04 bits per heavy atom. The summed E-state index contributed by atoms with van der Waals surface area (Å²) in [6.07, 6.45) is 1.59. The maximum atomic E-state index is 12.3. The Hall–Kier alpha value is -3.09. The van der Waals surface area contributed by atoms with Gasteiger partial charge in [0.2, 0.25) is 0 Å². The van der Waals surface area contributed by atoms with Crippen molar-refractivity contribution < 1.29 is 14.4 Å². The number of H-pyrrole nitrogens is 1. The van der Waals surface area contributed by atoms with Gasteiger partial charge in [0, 0.05) is 34.7 Å². The zero-order valence-corrected chi connectivity index (χ0v) is 15.6. The molecule has 142 valence electrons.